The molecule has 0 spiro atoms. The van der Waals surface area contributed by atoms with Crippen molar-refractivity contribution in [2.45, 2.75) is 13.0 Å². The molecule has 1 heterocycles. The molecular formula is C19H18N2O2S. The fourth-order valence-corrected chi connectivity index (χ4v) is 3.07. The van der Waals surface area contributed by atoms with Crippen LogP contribution in [-0.4, -0.2) is 18.0 Å². The quantitative estimate of drug-likeness (QED) is 0.839. The number of rotatable bonds is 4. The number of thiocarbonyl (C=S) groups is 1. The zero-order valence-electron chi connectivity index (χ0n) is 13.5. The summed E-state index contributed by atoms with van der Waals surface area (Å²) < 4.78 is 5.30. The van der Waals surface area contributed by atoms with Gasteiger partial charge in [0.1, 0.15) is 5.75 Å². The van der Waals surface area contributed by atoms with E-state index < -0.39 is 0 Å². The number of nitrogens with one attached hydrogen (secondary N) is 2. The molecule has 2 aromatic rings. The highest BCUT2D eigenvalue weighted by Crippen LogP contribution is 2.32. The first-order valence-electron chi connectivity index (χ1n) is 7.62. The van der Waals surface area contributed by atoms with Crippen LogP contribution in [0.1, 0.15) is 24.1 Å². The van der Waals surface area contributed by atoms with Crippen LogP contribution in [0.4, 0.5) is 0 Å². The van der Waals surface area contributed by atoms with Gasteiger partial charge in [-0.05, 0) is 42.4 Å². The van der Waals surface area contributed by atoms with Crippen molar-refractivity contribution in [2.24, 2.45) is 0 Å². The molecule has 0 saturated heterocycles. The molecular weight excluding hydrogens is 320 g/mol. The summed E-state index contributed by atoms with van der Waals surface area (Å²) in [6.45, 7) is 1.57. The lowest BCUT2D eigenvalue weighted by atomic mass is 9.90. The van der Waals surface area contributed by atoms with Gasteiger partial charge in [-0.15, -0.1) is 0 Å². The minimum absolute atomic E-state index is 0.0100. The second kappa shape index (κ2) is 6.84. The van der Waals surface area contributed by atoms with Gasteiger partial charge in [-0.1, -0.05) is 42.5 Å². The SMILES string of the molecule is COc1cccc(C2NC(=S)NC(c3ccccc3)=C2C(C)=O)c1. The first-order chi connectivity index (χ1) is 11.6. The summed E-state index contributed by atoms with van der Waals surface area (Å²) in [5.74, 6) is 0.729. The van der Waals surface area contributed by atoms with Gasteiger partial charge in [0.05, 0.1) is 18.8 Å². The van der Waals surface area contributed by atoms with Crippen LogP contribution in [0.2, 0.25) is 0 Å². The molecule has 2 aromatic carbocycles. The van der Waals surface area contributed by atoms with Crippen molar-refractivity contribution in [3.63, 3.8) is 0 Å². The van der Waals surface area contributed by atoms with E-state index in [4.69, 9.17) is 17.0 Å². The number of ketones is 1. The van der Waals surface area contributed by atoms with Gasteiger partial charge in [-0.3, -0.25) is 4.79 Å². The molecule has 3 rings (SSSR count). The van der Waals surface area contributed by atoms with Gasteiger partial charge in [0.15, 0.2) is 10.9 Å². The zero-order valence-corrected chi connectivity index (χ0v) is 14.3. The van der Waals surface area contributed by atoms with Gasteiger partial charge in [-0.25, -0.2) is 0 Å². The summed E-state index contributed by atoms with van der Waals surface area (Å²) in [7, 11) is 1.62. The lowest BCUT2D eigenvalue weighted by Gasteiger charge is -2.31. The van der Waals surface area contributed by atoms with Crippen LogP contribution in [0.15, 0.2) is 60.2 Å². The summed E-state index contributed by atoms with van der Waals surface area (Å²) in [6, 6.07) is 17.1. The maximum absolute atomic E-state index is 12.4. The molecule has 1 aliphatic heterocycles. The van der Waals surface area contributed by atoms with E-state index in [1.165, 1.54) is 0 Å². The van der Waals surface area contributed by atoms with Crippen LogP contribution >= 0.6 is 12.2 Å². The van der Waals surface area contributed by atoms with Crippen molar-refractivity contribution in [1.29, 1.82) is 0 Å². The van der Waals surface area contributed by atoms with E-state index >= 15 is 0 Å². The van der Waals surface area contributed by atoms with Crippen LogP contribution in [0.25, 0.3) is 5.70 Å². The minimum atomic E-state index is -0.318. The topological polar surface area (TPSA) is 50.4 Å². The van der Waals surface area contributed by atoms with Gasteiger partial charge in [0, 0.05) is 5.57 Å². The standard InChI is InChI=1S/C19H18N2O2S/c1-12(22)16-17(13-7-4-3-5-8-13)20-19(24)21-18(16)14-9-6-10-15(11-14)23-2/h3-11,18H,1-2H3,(H2,20,21,24). The highest BCUT2D eigenvalue weighted by molar-refractivity contribution is 7.80. The number of carbonyl (C=O) groups excluding carboxylic acids is 1. The Morgan fingerprint density at radius 1 is 1.12 bits per heavy atom. The summed E-state index contributed by atoms with van der Waals surface area (Å²) in [6.07, 6.45) is 0. The van der Waals surface area contributed by atoms with Gasteiger partial charge in [0.25, 0.3) is 0 Å². The van der Waals surface area contributed by atoms with Gasteiger partial charge in [0.2, 0.25) is 0 Å². The summed E-state index contributed by atoms with van der Waals surface area (Å²) in [4.78, 5) is 12.4. The Kier molecular flexibility index (Phi) is 4.62. The van der Waals surface area contributed by atoms with Crippen molar-refractivity contribution >= 4 is 28.8 Å². The third-order valence-electron chi connectivity index (χ3n) is 3.94. The number of carbonyl (C=O) groups is 1. The van der Waals surface area contributed by atoms with Crippen molar-refractivity contribution in [3.05, 3.63) is 71.3 Å². The summed E-state index contributed by atoms with van der Waals surface area (Å²) >= 11 is 5.36. The van der Waals surface area contributed by atoms with Crippen molar-refractivity contribution in [3.8, 4) is 5.75 Å². The monoisotopic (exact) mass is 338 g/mol. The normalized spacial score (nSPS) is 17.1. The first-order valence-corrected chi connectivity index (χ1v) is 8.03. The van der Waals surface area contributed by atoms with Crippen LogP contribution in [0.5, 0.6) is 5.75 Å². The van der Waals surface area contributed by atoms with E-state index in [0.29, 0.717) is 10.7 Å². The minimum Gasteiger partial charge on any atom is -0.497 e. The van der Waals surface area contributed by atoms with Crippen LogP contribution in [0, 0.1) is 0 Å². The second-order valence-corrected chi connectivity index (χ2v) is 5.93. The zero-order chi connectivity index (χ0) is 17.1. The fourth-order valence-electron chi connectivity index (χ4n) is 2.85. The molecule has 0 fully saturated rings. The van der Waals surface area contributed by atoms with Gasteiger partial charge < -0.3 is 15.4 Å². The Hall–Kier alpha value is -2.66. The number of methoxy groups -OCH3 is 1. The number of hydrogen-bond donors (Lipinski definition) is 2. The predicted molar refractivity (Wildman–Crippen MR) is 98.6 cm³/mol. The first kappa shape index (κ1) is 16.2. The lowest BCUT2D eigenvalue weighted by molar-refractivity contribution is -0.113. The number of Topliss-reactive ketones (excluding diaryl/α,β-unsaturated/α-hetero) is 1. The van der Waals surface area contributed by atoms with Crippen molar-refractivity contribution in [1.82, 2.24) is 10.6 Å². The average molecular weight is 338 g/mol. The summed E-state index contributed by atoms with van der Waals surface area (Å²) in [5.41, 5.74) is 3.26. The molecule has 0 saturated carbocycles. The molecule has 122 valence electrons. The van der Waals surface area contributed by atoms with E-state index in [1.807, 2.05) is 54.6 Å². The maximum atomic E-state index is 12.4. The summed E-state index contributed by atoms with van der Waals surface area (Å²) in [5, 5.41) is 6.83. The Bertz CT molecular complexity index is 815. The van der Waals surface area contributed by atoms with E-state index in [1.54, 1.807) is 14.0 Å². The van der Waals surface area contributed by atoms with Gasteiger partial charge >= 0.3 is 0 Å². The van der Waals surface area contributed by atoms with E-state index in [0.717, 1.165) is 22.6 Å². The number of hydrogen-bond acceptors (Lipinski definition) is 3. The van der Waals surface area contributed by atoms with E-state index in [9.17, 15) is 4.79 Å². The average Bonchev–Trinajstić information content (AvgIpc) is 2.61. The Morgan fingerprint density at radius 2 is 1.88 bits per heavy atom. The molecule has 1 unspecified atom stereocenters. The van der Waals surface area contributed by atoms with Crippen molar-refractivity contribution < 1.29 is 9.53 Å². The predicted octanol–water partition coefficient (Wildman–Crippen LogP) is 3.21. The molecule has 1 aliphatic rings. The van der Waals surface area contributed by atoms with Crippen LogP contribution in [0.3, 0.4) is 0 Å². The van der Waals surface area contributed by atoms with Gasteiger partial charge in [-0.2, -0.15) is 0 Å². The number of benzene rings is 2. The van der Waals surface area contributed by atoms with Crippen molar-refractivity contribution in [2.75, 3.05) is 7.11 Å². The van der Waals surface area contributed by atoms with Crippen LogP contribution in [-0.2, 0) is 4.79 Å². The third kappa shape index (κ3) is 3.16. The molecule has 0 aliphatic carbocycles. The largest absolute Gasteiger partial charge is 0.497 e. The molecule has 24 heavy (non-hydrogen) atoms. The Morgan fingerprint density at radius 3 is 2.54 bits per heavy atom. The van der Waals surface area contributed by atoms with E-state index in [2.05, 4.69) is 10.6 Å². The number of ether oxygens (including phenoxy) is 1. The Balaban J connectivity index is 2.16. The third-order valence-corrected chi connectivity index (χ3v) is 4.16. The molecule has 5 heteroatoms. The highest BCUT2D eigenvalue weighted by Gasteiger charge is 2.30. The smallest absolute Gasteiger partial charge is 0.171 e. The Labute approximate surface area is 146 Å². The molecule has 0 radical (unpaired) electrons. The van der Waals surface area contributed by atoms with E-state index in [-0.39, 0.29) is 11.8 Å². The molecule has 0 bridgehead atoms. The molecule has 4 nitrogen and oxygen atoms in total. The molecule has 0 amide bonds. The molecule has 1 atom stereocenters. The van der Waals surface area contributed by atoms with Crippen LogP contribution < -0.4 is 15.4 Å². The molecule has 2 N–H and O–H groups in total. The highest BCUT2D eigenvalue weighted by atomic mass is 32.1. The second-order valence-electron chi connectivity index (χ2n) is 5.52. The maximum Gasteiger partial charge on any atom is 0.171 e. The lowest BCUT2D eigenvalue weighted by Crippen LogP contribution is -2.44. The fraction of sp³-hybridized carbons (Fsp3) is 0.158. The molecule has 0 aromatic heterocycles.